The second-order valence-corrected chi connectivity index (χ2v) is 8.45. The van der Waals surface area contributed by atoms with Gasteiger partial charge in [-0.3, -0.25) is 14.9 Å². The van der Waals surface area contributed by atoms with E-state index in [4.69, 9.17) is 4.99 Å². The van der Waals surface area contributed by atoms with Crippen LogP contribution in [0.1, 0.15) is 38.3 Å². The predicted molar refractivity (Wildman–Crippen MR) is 112 cm³/mol. The van der Waals surface area contributed by atoms with E-state index in [1.807, 2.05) is 18.3 Å². The summed E-state index contributed by atoms with van der Waals surface area (Å²) in [4.78, 5) is 12.1. The molecule has 1 saturated heterocycles. The minimum atomic E-state index is 0.296. The van der Waals surface area contributed by atoms with E-state index in [0.717, 1.165) is 37.7 Å². The Morgan fingerprint density at radius 1 is 1.23 bits per heavy atom. The third-order valence-corrected chi connectivity index (χ3v) is 6.43. The van der Waals surface area contributed by atoms with E-state index in [2.05, 4.69) is 45.3 Å². The van der Waals surface area contributed by atoms with Crippen molar-refractivity contribution < 1.29 is 0 Å². The molecule has 0 bridgehead atoms. The number of nitrogens with zero attached hydrogens (tertiary/aromatic N) is 3. The summed E-state index contributed by atoms with van der Waals surface area (Å²) in [5.41, 5.74) is 1.42. The zero-order valence-corrected chi connectivity index (χ0v) is 16.9. The molecule has 1 saturated carbocycles. The summed E-state index contributed by atoms with van der Waals surface area (Å²) in [5.74, 6) is 3.49. The summed E-state index contributed by atoms with van der Waals surface area (Å²) >= 11 is 2.09. The number of hydrogen-bond donors (Lipinski definition) is 2. The molecule has 1 aliphatic carbocycles. The summed E-state index contributed by atoms with van der Waals surface area (Å²) in [7, 11) is 0. The largest absolute Gasteiger partial charge is 0.357 e. The lowest BCUT2D eigenvalue weighted by Gasteiger charge is -2.42. The van der Waals surface area contributed by atoms with E-state index in [1.54, 1.807) is 0 Å². The van der Waals surface area contributed by atoms with Crippen molar-refractivity contribution in [1.29, 1.82) is 0 Å². The second-order valence-electron chi connectivity index (χ2n) is 7.22. The summed E-state index contributed by atoms with van der Waals surface area (Å²) in [6, 6.07) is 6.08. The molecule has 1 aromatic rings. The van der Waals surface area contributed by atoms with Crippen LogP contribution in [-0.2, 0) is 6.42 Å². The number of aromatic nitrogens is 1. The number of pyridine rings is 1. The number of rotatable bonds is 7. The highest BCUT2D eigenvalue weighted by Crippen LogP contribution is 2.37. The Balaban J connectivity index is 1.57. The molecule has 5 nitrogen and oxygen atoms in total. The molecule has 26 heavy (non-hydrogen) atoms. The topological polar surface area (TPSA) is 52.6 Å². The molecule has 0 radical (unpaired) electrons. The maximum atomic E-state index is 5.00. The van der Waals surface area contributed by atoms with E-state index in [1.165, 1.54) is 50.3 Å². The molecule has 2 aliphatic rings. The van der Waals surface area contributed by atoms with Crippen LogP contribution in [0.15, 0.2) is 29.4 Å². The molecule has 1 aromatic heterocycles. The minimum absolute atomic E-state index is 0.296. The van der Waals surface area contributed by atoms with Crippen molar-refractivity contribution in [3.05, 3.63) is 30.1 Å². The Morgan fingerprint density at radius 2 is 2.04 bits per heavy atom. The van der Waals surface area contributed by atoms with Crippen molar-refractivity contribution in [1.82, 2.24) is 20.5 Å². The smallest absolute Gasteiger partial charge is 0.191 e. The van der Waals surface area contributed by atoms with Gasteiger partial charge in [0.1, 0.15) is 0 Å². The number of thioether (sulfide) groups is 1. The molecule has 0 aromatic carbocycles. The summed E-state index contributed by atoms with van der Waals surface area (Å²) < 4.78 is 0. The van der Waals surface area contributed by atoms with Crippen molar-refractivity contribution in [2.45, 2.75) is 44.6 Å². The van der Waals surface area contributed by atoms with Crippen molar-refractivity contribution in [3.63, 3.8) is 0 Å². The Kier molecular flexibility index (Phi) is 7.62. The van der Waals surface area contributed by atoms with Crippen LogP contribution < -0.4 is 10.6 Å². The molecule has 6 heteroatoms. The molecule has 0 atom stereocenters. The third-order valence-electron chi connectivity index (χ3n) is 5.49. The van der Waals surface area contributed by atoms with Crippen LogP contribution in [0.3, 0.4) is 0 Å². The van der Waals surface area contributed by atoms with E-state index < -0.39 is 0 Å². The van der Waals surface area contributed by atoms with Gasteiger partial charge in [0.2, 0.25) is 0 Å². The molecule has 0 amide bonds. The van der Waals surface area contributed by atoms with Gasteiger partial charge in [0.25, 0.3) is 0 Å². The Hall–Kier alpha value is -1.27. The second kappa shape index (κ2) is 10.2. The average Bonchev–Trinajstić information content (AvgIpc) is 3.18. The fraction of sp³-hybridized carbons (Fsp3) is 0.700. The molecule has 2 heterocycles. The van der Waals surface area contributed by atoms with Gasteiger partial charge in [-0.15, -0.1) is 0 Å². The molecule has 2 fully saturated rings. The van der Waals surface area contributed by atoms with Gasteiger partial charge in [0.05, 0.1) is 6.54 Å². The van der Waals surface area contributed by atoms with Gasteiger partial charge >= 0.3 is 0 Å². The zero-order valence-electron chi connectivity index (χ0n) is 16.0. The van der Waals surface area contributed by atoms with Gasteiger partial charge in [0, 0.05) is 61.5 Å². The van der Waals surface area contributed by atoms with Crippen LogP contribution in [0.2, 0.25) is 0 Å². The SMILES string of the molecule is CCNC(=NCC1(N2CCSCC2)CCCC1)NCCc1ccccn1. The van der Waals surface area contributed by atoms with Gasteiger partial charge in [-0.2, -0.15) is 11.8 Å². The molecule has 3 rings (SSSR count). The zero-order chi connectivity index (χ0) is 18.1. The van der Waals surface area contributed by atoms with Gasteiger partial charge in [-0.05, 0) is 31.9 Å². The van der Waals surface area contributed by atoms with Crippen molar-refractivity contribution in [2.75, 3.05) is 44.2 Å². The lowest BCUT2D eigenvalue weighted by molar-refractivity contribution is 0.112. The van der Waals surface area contributed by atoms with Crippen LogP contribution >= 0.6 is 11.8 Å². The van der Waals surface area contributed by atoms with E-state index in [0.29, 0.717) is 5.54 Å². The van der Waals surface area contributed by atoms with Gasteiger partial charge in [0.15, 0.2) is 5.96 Å². The van der Waals surface area contributed by atoms with Crippen molar-refractivity contribution in [3.8, 4) is 0 Å². The maximum absolute atomic E-state index is 5.00. The van der Waals surface area contributed by atoms with Crippen LogP contribution in [0, 0.1) is 0 Å². The fourth-order valence-electron chi connectivity index (χ4n) is 4.07. The number of guanidine groups is 1. The lowest BCUT2D eigenvalue weighted by atomic mass is 9.95. The normalized spacial score (nSPS) is 20.9. The van der Waals surface area contributed by atoms with E-state index >= 15 is 0 Å². The Bertz CT molecular complexity index is 551. The Morgan fingerprint density at radius 3 is 2.73 bits per heavy atom. The van der Waals surface area contributed by atoms with Crippen LogP contribution in [-0.4, -0.2) is 65.6 Å². The number of nitrogens with one attached hydrogen (secondary N) is 2. The van der Waals surface area contributed by atoms with Crippen LogP contribution in [0.25, 0.3) is 0 Å². The predicted octanol–water partition coefficient (Wildman–Crippen LogP) is 2.54. The van der Waals surface area contributed by atoms with Gasteiger partial charge < -0.3 is 10.6 Å². The lowest BCUT2D eigenvalue weighted by Crippen LogP contribution is -2.53. The quantitative estimate of drug-likeness (QED) is 0.567. The third kappa shape index (κ3) is 5.36. The first-order chi connectivity index (χ1) is 12.8. The number of hydrogen-bond acceptors (Lipinski definition) is 4. The molecule has 144 valence electrons. The monoisotopic (exact) mass is 375 g/mol. The average molecular weight is 376 g/mol. The minimum Gasteiger partial charge on any atom is -0.357 e. The summed E-state index contributed by atoms with van der Waals surface area (Å²) in [5, 5.41) is 6.90. The Labute approximate surface area is 162 Å². The highest BCUT2D eigenvalue weighted by molar-refractivity contribution is 7.99. The molecular formula is C20H33N5S. The standard InChI is InChI=1S/C20H33N5S/c1-2-21-19(23-12-8-18-7-3-6-11-22-18)24-17-20(9-4-5-10-20)25-13-15-26-16-14-25/h3,6-7,11H,2,4-5,8-10,12-17H2,1H3,(H2,21,23,24). The van der Waals surface area contributed by atoms with Crippen molar-refractivity contribution >= 4 is 17.7 Å². The molecule has 1 aliphatic heterocycles. The molecule has 0 unspecified atom stereocenters. The summed E-state index contributed by atoms with van der Waals surface area (Å²) in [6.45, 7) is 7.24. The first-order valence-electron chi connectivity index (χ1n) is 10.1. The first kappa shape index (κ1) is 19.5. The van der Waals surface area contributed by atoms with Crippen molar-refractivity contribution in [2.24, 2.45) is 4.99 Å². The van der Waals surface area contributed by atoms with E-state index in [9.17, 15) is 0 Å². The highest BCUT2D eigenvalue weighted by atomic mass is 32.2. The van der Waals surface area contributed by atoms with Crippen LogP contribution in [0.5, 0.6) is 0 Å². The van der Waals surface area contributed by atoms with Crippen LogP contribution in [0.4, 0.5) is 0 Å². The first-order valence-corrected chi connectivity index (χ1v) is 11.2. The van der Waals surface area contributed by atoms with Gasteiger partial charge in [-0.25, -0.2) is 0 Å². The highest BCUT2D eigenvalue weighted by Gasteiger charge is 2.39. The van der Waals surface area contributed by atoms with Gasteiger partial charge in [-0.1, -0.05) is 18.9 Å². The molecule has 0 spiro atoms. The molecular weight excluding hydrogens is 342 g/mol. The maximum Gasteiger partial charge on any atom is 0.191 e. The number of aliphatic imine (C=N–C) groups is 1. The molecule has 2 N–H and O–H groups in total. The summed E-state index contributed by atoms with van der Waals surface area (Å²) in [6.07, 6.45) is 8.07. The van der Waals surface area contributed by atoms with E-state index in [-0.39, 0.29) is 0 Å². The fourth-order valence-corrected chi connectivity index (χ4v) is 4.97.